The fourth-order valence-corrected chi connectivity index (χ4v) is 4.03. The van der Waals surface area contributed by atoms with E-state index in [-0.39, 0.29) is 29.5 Å². The zero-order chi connectivity index (χ0) is 30.1. The molecule has 0 bridgehead atoms. The van der Waals surface area contributed by atoms with Crippen LogP contribution in [0.2, 0.25) is 0 Å². The van der Waals surface area contributed by atoms with Crippen molar-refractivity contribution in [1.82, 2.24) is 14.9 Å². The van der Waals surface area contributed by atoms with E-state index in [1.807, 2.05) is 30.3 Å². The molecule has 5 N–H and O–H groups in total. The summed E-state index contributed by atoms with van der Waals surface area (Å²) in [6, 6.07) is 22.4. The first-order valence-corrected chi connectivity index (χ1v) is 13.4. The summed E-state index contributed by atoms with van der Waals surface area (Å²) in [7, 11) is 1.58. The Bertz CT molecular complexity index is 1540. The van der Waals surface area contributed by atoms with Gasteiger partial charge in [-0.25, -0.2) is 4.98 Å². The summed E-state index contributed by atoms with van der Waals surface area (Å²) < 4.78 is 18.9. The number of hydrogen-bond donors (Lipinski definition) is 4. The van der Waals surface area contributed by atoms with Gasteiger partial charge in [-0.2, -0.15) is 0 Å². The molecule has 0 aliphatic carbocycles. The van der Waals surface area contributed by atoms with Gasteiger partial charge in [-0.15, -0.1) is 0 Å². The lowest BCUT2D eigenvalue weighted by molar-refractivity contribution is 0.0744. The number of aliphatic hydroxyl groups excluding tert-OH is 1. The minimum Gasteiger partial charge on any atom is -0.507 e. The van der Waals surface area contributed by atoms with Crippen LogP contribution in [-0.4, -0.2) is 44.6 Å². The number of phenols is 1. The minimum absolute atomic E-state index is 0.0432. The van der Waals surface area contributed by atoms with Crippen LogP contribution in [0, 0.1) is 6.92 Å². The second kappa shape index (κ2) is 14.2. The van der Waals surface area contributed by atoms with E-state index in [0.717, 1.165) is 5.56 Å². The first-order chi connectivity index (χ1) is 20.2. The minimum atomic E-state index is -0.794. The summed E-state index contributed by atoms with van der Waals surface area (Å²) >= 11 is 0. The number of aromatic hydroxyl groups is 1. The first kappa shape index (κ1) is 30.1. The van der Waals surface area contributed by atoms with Crippen molar-refractivity contribution in [2.45, 2.75) is 38.6 Å². The monoisotopic (exact) mass is 574 g/mol. The van der Waals surface area contributed by atoms with Crippen LogP contribution >= 0.6 is 0 Å². The maximum atomic E-state index is 12.0. The van der Waals surface area contributed by atoms with Gasteiger partial charge in [0.05, 0.1) is 11.7 Å². The lowest BCUT2D eigenvalue weighted by atomic mass is 10.1. The number of nitrogens with two attached hydrogens (primary N) is 1. The summed E-state index contributed by atoms with van der Waals surface area (Å²) in [6.07, 6.45) is -0.550. The van der Waals surface area contributed by atoms with Gasteiger partial charge in [0.15, 0.2) is 6.23 Å². The van der Waals surface area contributed by atoms with Gasteiger partial charge in [-0.3, -0.25) is 19.5 Å². The second-order valence-corrected chi connectivity index (χ2v) is 9.71. The number of primary amides is 1. The Kier molecular flexibility index (Phi) is 10.1. The number of nitrogens with zero attached hydrogens (tertiary/aromatic N) is 2. The predicted molar refractivity (Wildman–Crippen MR) is 156 cm³/mol. The van der Waals surface area contributed by atoms with Crippen molar-refractivity contribution in [3.05, 3.63) is 106 Å². The zero-order valence-corrected chi connectivity index (χ0v) is 23.4. The van der Waals surface area contributed by atoms with Crippen molar-refractivity contribution in [2.75, 3.05) is 6.61 Å². The van der Waals surface area contributed by atoms with Crippen molar-refractivity contribution in [1.29, 1.82) is 0 Å². The number of amides is 1. The van der Waals surface area contributed by atoms with Gasteiger partial charge in [0, 0.05) is 31.8 Å². The summed E-state index contributed by atoms with van der Waals surface area (Å²) in [5.74, 6) is 0.366. The molecule has 0 spiro atoms. The molecule has 0 aliphatic rings. The lowest BCUT2D eigenvalue weighted by Gasteiger charge is -2.22. The third kappa shape index (κ3) is 8.56. The summed E-state index contributed by atoms with van der Waals surface area (Å²) in [4.78, 5) is 27.8. The molecular weight excluding hydrogens is 540 g/mol. The molecule has 11 heteroatoms. The van der Waals surface area contributed by atoms with Crippen LogP contribution < -0.4 is 30.8 Å². The highest BCUT2D eigenvalue weighted by Gasteiger charge is 2.17. The molecule has 42 heavy (non-hydrogen) atoms. The van der Waals surface area contributed by atoms with Crippen molar-refractivity contribution >= 4 is 5.91 Å². The van der Waals surface area contributed by atoms with Crippen molar-refractivity contribution in [3.63, 3.8) is 0 Å². The average Bonchev–Trinajstić information content (AvgIpc) is 2.98. The molecule has 0 radical (unpaired) electrons. The number of hydrogen-bond acceptors (Lipinski definition) is 9. The standard InChI is InChI=1S/C31H34N4O7/c1-20-16-29(38)35(2)31(34-20)42-24-11-9-23(10-12-24)40-19-22(36)8-15-28(33-18-21-6-4-3-5-7-21)41-25-13-14-27(37)26(17-25)30(32)39/h3-7,9-14,16-17,22,28,33,36-37H,8,15,18-19H2,1-2H3,(H2,32,39). The van der Waals surface area contributed by atoms with E-state index in [1.165, 1.54) is 22.8 Å². The average molecular weight is 575 g/mol. The van der Waals surface area contributed by atoms with E-state index in [2.05, 4.69) is 10.3 Å². The van der Waals surface area contributed by atoms with Crippen LogP contribution in [0.5, 0.6) is 29.0 Å². The molecule has 1 amide bonds. The quantitative estimate of drug-likeness (QED) is 0.166. The number of carbonyl (C=O) groups is 1. The SMILES string of the molecule is Cc1cc(=O)n(C)c(Oc2ccc(OCC(O)CCC(NCc3ccccc3)Oc3ccc(O)c(C(N)=O)c3)cc2)n1. The maximum absolute atomic E-state index is 12.0. The summed E-state index contributed by atoms with van der Waals surface area (Å²) in [5.41, 5.74) is 6.70. The normalized spacial score (nSPS) is 12.4. The topological polar surface area (TPSA) is 158 Å². The summed E-state index contributed by atoms with van der Waals surface area (Å²) in [6.45, 7) is 2.28. The Hall–Kier alpha value is -4.87. The molecular formula is C31H34N4O7. The molecule has 0 aliphatic heterocycles. The molecule has 0 fully saturated rings. The van der Waals surface area contributed by atoms with Crippen molar-refractivity contribution in [3.8, 4) is 29.0 Å². The smallest absolute Gasteiger partial charge is 0.304 e. The Balaban J connectivity index is 1.32. The number of aliphatic hydroxyl groups is 1. The van der Waals surface area contributed by atoms with E-state index in [1.54, 1.807) is 44.3 Å². The molecule has 2 unspecified atom stereocenters. The van der Waals surface area contributed by atoms with Gasteiger partial charge in [0.1, 0.15) is 29.6 Å². The molecule has 0 saturated carbocycles. The highest BCUT2D eigenvalue weighted by Crippen LogP contribution is 2.25. The number of rotatable bonds is 14. The first-order valence-electron chi connectivity index (χ1n) is 13.4. The van der Waals surface area contributed by atoms with Gasteiger partial charge >= 0.3 is 6.01 Å². The molecule has 4 rings (SSSR count). The van der Waals surface area contributed by atoms with E-state index >= 15 is 0 Å². The third-order valence-electron chi connectivity index (χ3n) is 6.35. The fourth-order valence-electron chi connectivity index (χ4n) is 4.03. The number of aryl methyl sites for hydroxylation is 1. The number of benzene rings is 3. The number of ether oxygens (including phenoxy) is 3. The summed E-state index contributed by atoms with van der Waals surface area (Å²) in [5, 5.41) is 23.8. The lowest BCUT2D eigenvalue weighted by Crippen LogP contribution is -2.35. The van der Waals surface area contributed by atoms with Crippen LogP contribution in [-0.2, 0) is 13.6 Å². The second-order valence-electron chi connectivity index (χ2n) is 9.71. The Labute approximate surface area is 243 Å². The van der Waals surface area contributed by atoms with Gasteiger partial charge in [0.25, 0.3) is 11.5 Å². The van der Waals surface area contributed by atoms with Gasteiger partial charge in [0.2, 0.25) is 0 Å². The molecule has 2 atom stereocenters. The molecule has 1 aromatic heterocycles. The van der Waals surface area contributed by atoms with Crippen LogP contribution in [0.25, 0.3) is 0 Å². The molecule has 4 aromatic rings. The number of nitrogens with one attached hydrogen (secondary N) is 1. The van der Waals surface area contributed by atoms with E-state index < -0.39 is 18.2 Å². The van der Waals surface area contributed by atoms with Gasteiger partial charge in [-0.05, 0) is 61.4 Å². The Morgan fingerprint density at radius 3 is 2.40 bits per heavy atom. The zero-order valence-electron chi connectivity index (χ0n) is 23.4. The van der Waals surface area contributed by atoms with E-state index in [0.29, 0.717) is 42.3 Å². The largest absolute Gasteiger partial charge is 0.507 e. The Morgan fingerprint density at radius 1 is 1.00 bits per heavy atom. The van der Waals surface area contributed by atoms with E-state index in [9.17, 15) is 19.8 Å². The number of carbonyl (C=O) groups excluding carboxylic acids is 1. The molecule has 11 nitrogen and oxygen atoms in total. The fraction of sp³-hybridized carbons (Fsp3) is 0.258. The highest BCUT2D eigenvalue weighted by molar-refractivity contribution is 5.95. The maximum Gasteiger partial charge on any atom is 0.304 e. The third-order valence-corrected chi connectivity index (χ3v) is 6.35. The van der Waals surface area contributed by atoms with Crippen LogP contribution in [0.1, 0.15) is 34.5 Å². The number of aromatic nitrogens is 2. The molecule has 220 valence electrons. The van der Waals surface area contributed by atoms with E-state index in [4.69, 9.17) is 19.9 Å². The van der Waals surface area contributed by atoms with Crippen molar-refractivity contribution < 1.29 is 29.2 Å². The van der Waals surface area contributed by atoms with Gasteiger partial charge < -0.3 is 30.2 Å². The predicted octanol–water partition coefficient (Wildman–Crippen LogP) is 3.40. The Morgan fingerprint density at radius 2 is 1.69 bits per heavy atom. The van der Waals surface area contributed by atoms with Crippen LogP contribution in [0.3, 0.4) is 0 Å². The van der Waals surface area contributed by atoms with Gasteiger partial charge in [-0.1, -0.05) is 30.3 Å². The molecule has 0 saturated heterocycles. The van der Waals surface area contributed by atoms with Crippen LogP contribution in [0.4, 0.5) is 0 Å². The molecule has 1 heterocycles. The van der Waals surface area contributed by atoms with Crippen molar-refractivity contribution in [2.24, 2.45) is 12.8 Å². The highest BCUT2D eigenvalue weighted by atomic mass is 16.5. The molecule has 3 aromatic carbocycles. The van der Waals surface area contributed by atoms with Crippen LogP contribution in [0.15, 0.2) is 83.7 Å².